The van der Waals surface area contributed by atoms with Gasteiger partial charge in [-0.2, -0.15) is 4.99 Å². The van der Waals surface area contributed by atoms with Crippen LogP contribution in [0.2, 0.25) is 0 Å². The molecule has 1 aromatic carbocycles. The molecule has 0 atom stereocenters. The van der Waals surface area contributed by atoms with Crippen molar-refractivity contribution in [3.05, 3.63) is 34.7 Å². The molecule has 0 saturated carbocycles. The van der Waals surface area contributed by atoms with Crippen molar-refractivity contribution in [3.63, 3.8) is 0 Å². The number of amidine groups is 1. The van der Waals surface area contributed by atoms with Crippen molar-refractivity contribution in [1.82, 2.24) is 0 Å². The number of hydrogen-bond donors (Lipinski definition) is 1. The maximum absolute atomic E-state index is 12.4. The molecule has 6 heteroatoms. The van der Waals surface area contributed by atoms with E-state index >= 15 is 0 Å². The lowest BCUT2D eigenvalue weighted by Gasteiger charge is -2.13. The average Bonchev–Trinajstić information content (AvgIpc) is 2.85. The van der Waals surface area contributed by atoms with Crippen LogP contribution in [0.3, 0.4) is 0 Å². The Labute approximate surface area is 114 Å². The maximum atomic E-state index is 12.4. The number of benzene rings is 1. The zero-order chi connectivity index (χ0) is 13.6. The van der Waals surface area contributed by atoms with Gasteiger partial charge in [0.2, 0.25) is 0 Å². The van der Waals surface area contributed by atoms with E-state index < -0.39 is 5.91 Å². The molecule has 2 aliphatic rings. The van der Waals surface area contributed by atoms with Crippen molar-refractivity contribution < 1.29 is 9.59 Å². The average molecular weight is 273 g/mol. The summed E-state index contributed by atoms with van der Waals surface area (Å²) in [6.45, 7) is 2.46. The molecule has 3 rings (SSSR count). The predicted octanol–water partition coefficient (Wildman–Crippen LogP) is 1.35. The van der Waals surface area contributed by atoms with E-state index in [0.29, 0.717) is 17.0 Å². The smallest absolute Gasteiger partial charge is 0.287 e. The lowest BCUT2D eigenvalue weighted by Crippen LogP contribution is -2.26. The third-order valence-electron chi connectivity index (χ3n) is 3.08. The van der Waals surface area contributed by atoms with Gasteiger partial charge in [-0.3, -0.25) is 9.59 Å². The fourth-order valence-electron chi connectivity index (χ4n) is 2.29. The lowest BCUT2D eigenvalue weighted by molar-refractivity contribution is -0.115. The van der Waals surface area contributed by atoms with E-state index in [0.717, 1.165) is 23.0 Å². The third-order valence-corrected chi connectivity index (χ3v) is 3.96. The minimum absolute atomic E-state index is 0.163. The van der Waals surface area contributed by atoms with Gasteiger partial charge in [-0.25, -0.2) is 0 Å². The largest absolute Gasteiger partial charge is 0.378 e. The number of nitrogens with zero attached hydrogens (tertiary/aromatic N) is 2. The first-order chi connectivity index (χ1) is 9.13. The first kappa shape index (κ1) is 12.0. The van der Waals surface area contributed by atoms with Gasteiger partial charge in [-0.1, -0.05) is 18.2 Å². The number of para-hydroxylation sites is 1. The van der Waals surface area contributed by atoms with Crippen LogP contribution in [0.25, 0.3) is 5.57 Å². The van der Waals surface area contributed by atoms with Crippen molar-refractivity contribution in [2.75, 3.05) is 11.4 Å². The number of hydrogen-bond acceptors (Lipinski definition) is 4. The Morgan fingerprint density at radius 2 is 2.05 bits per heavy atom. The van der Waals surface area contributed by atoms with E-state index in [9.17, 15) is 9.59 Å². The number of fused-ring (bicyclic) bond motifs is 1. The summed E-state index contributed by atoms with van der Waals surface area (Å²) in [7, 11) is 0. The van der Waals surface area contributed by atoms with Crippen molar-refractivity contribution in [3.8, 4) is 0 Å². The van der Waals surface area contributed by atoms with E-state index in [-0.39, 0.29) is 11.1 Å². The van der Waals surface area contributed by atoms with E-state index in [2.05, 4.69) is 4.99 Å². The molecule has 96 valence electrons. The molecule has 2 heterocycles. The van der Waals surface area contributed by atoms with E-state index in [1.807, 2.05) is 31.2 Å². The van der Waals surface area contributed by atoms with Crippen LogP contribution >= 0.6 is 11.8 Å². The van der Waals surface area contributed by atoms with Crippen LogP contribution in [-0.4, -0.2) is 23.5 Å². The minimum Gasteiger partial charge on any atom is -0.378 e. The zero-order valence-corrected chi connectivity index (χ0v) is 11.0. The molecular formula is C13H11N3O2S. The quantitative estimate of drug-likeness (QED) is 0.784. The molecule has 0 fully saturated rings. The highest BCUT2D eigenvalue weighted by molar-refractivity contribution is 8.18. The van der Waals surface area contributed by atoms with Crippen LogP contribution in [0.5, 0.6) is 0 Å². The van der Waals surface area contributed by atoms with E-state index in [1.54, 1.807) is 4.90 Å². The predicted molar refractivity (Wildman–Crippen MR) is 75.6 cm³/mol. The maximum Gasteiger partial charge on any atom is 0.287 e. The zero-order valence-electron chi connectivity index (χ0n) is 10.2. The van der Waals surface area contributed by atoms with Gasteiger partial charge >= 0.3 is 0 Å². The first-order valence-electron chi connectivity index (χ1n) is 5.85. The molecule has 1 aromatic rings. The van der Waals surface area contributed by atoms with Crippen LogP contribution < -0.4 is 10.6 Å². The van der Waals surface area contributed by atoms with E-state index in [1.165, 1.54) is 0 Å². The molecular weight excluding hydrogens is 262 g/mol. The molecule has 2 aliphatic heterocycles. The number of anilines is 1. The molecule has 0 spiro atoms. The molecule has 0 aliphatic carbocycles. The van der Waals surface area contributed by atoms with Gasteiger partial charge in [0, 0.05) is 12.1 Å². The summed E-state index contributed by atoms with van der Waals surface area (Å²) in [6, 6.07) is 7.43. The Kier molecular flexibility index (Phi) is 2.67. The summed E-state index contributed by atoms with van der Waals surface area (Å²) in [5.41, 5.74) is 7.57. The second-order valence-corrected chi connectivity index (χ2v) is 5.16. The fraction of sp³-hybridized carbons (Fsp3) is 0.154. The molecule has 0 radical (unpaired) electrons. The van der Waals surface area contributed by atoms with Gasteiger partial charge in [-0.05, 0) is 24.8 Å². The van der Waals surface area contributed by atoms with Crippen LogP contribution in [0.4, 0.5) is 5.69 Å². The first-order valence-corrected chi connectivity index (χ1v) is 6.67. The molecule has 0 aromatic heterocycles. The summed E-state index contributed by atoms with van der Waals surface area (Å²) < 4.78 is 0. The molecule has 0 unspecified atom stereocenters. The normalized spacial score (nSPS) is 21.9. The van der Waals surface area contributed by atoms with Crippen LogP contribution in [-0.2, 0) is 9.59 Å². The monoisotopic (exact) mass is 273 g/mol. The Morgan fingerprint density at radius 3 is 2.68 bits per heavy atom. The van der Waals surface area contributed by atoms with Gasteiger partial charge in [0.25, 0.3) is 11.8 Å². The number of amides is 2. The minimum atomic E-state index is -0.432. The van der Waals surface area contributed by atoms with E-state index in [4.69, 9.17) is 5.73 Å². The Balaban J connectivity index is 2.22. The Bertz CT molecular complexity index is 664. The molecule has 0 bridgehead atoms. The molecule has 19 heavy (non-hydrogen) atoms. The number of thioether (sulfide) groups is 1. The SMILES string of the molecule is CCN1C(=O)/C(=C2\SC(N)=NC2=O)c2ccccc21. The number of carbonyl (C=O) groups excluding carboxylic acids is 2. The van der Waals surface area contributed by atoms with Crippen molar-refractivity contribution in [2.45, 2.75) is 6.92 Å². The molecule has 5 nitrogen and oxygen atoms in total. The van der Waals surface area contributed by atoms with Crippen LogP contribution in [0.1, 0.15) is 12.5 Å². The van der Waals surface area contributed by atoms with Crippen molar-refractivity contribution in [1.29, 1.82) is 0 Å². The molecule has 2 amide bonds. The van der Waals surface area contributed by atoms with Crippen molar-refractivity contribution in [2.24, 2.45) is 10.7 Å². The summed E-state index contributed by atoms with van der Waals surface area (Å²) >= 11 is 1.06. The summed E-state index contributed by atoms with van der Waals surface area (Å²) in [5.74, 6) is -0.594. The number of rotatable bonds is 1. The molecule has 2 N–H and O–H groups in total. The number of carbonyl (C=O) groups is 2. The fourth-order valence-corrected chi connectivity index (χ4v) is 3.06. The molecule has 0 saturated heterocycles. The lowest BCUT2D eigenvalue weighted by atomic mass is 10.1. The highest BCUT2D eigenvalue weighted by atomic mass is 32.2. The van der Waals surface area contributed by atoms with Gasteiger partial charge in [0.05, 0.1) is 16.2 Å². The van der Waals surface area contributed by atoms with Gasteiger partial charge in [-0.15, -0.1) is 0 Å². The van der Waals surface area contributed by atoms with Gasteiger partial charge < -0.3 is 10.6 Å². The highest BCUT2D eigenvalue weighted by Crippen LogP contribution is 2.42. The second-order valence-electron chi connectivity index (χ2n) is 4.13. The number of likely N-dealkylation sites (N-methyl/N-ethyl adjacent to an activating group) is 1. The Hall–Kier alpha value is -2.08. The summed E-state index contributed by atoms with van der Waals surface area (Å²) in [4.78, 5) is 29.9. The number of aliphatic imine (C=N–C) groups is 1. The van der Waals surface area contributed by atoms with Gasteiger partial charge in [0.15, 0.2) is 5.17 Å². The van der Waals surface area contributed by atoms with Crippen LogP contribution in [0.15, 0.2) is 34.2 Å². The second kappa shape index (κ2) is 4.24. The number of nitrogens with two attached hydrogens (primary N) is 1. The summed E-state index contributed by atoms with van der Waals surface area (Å²) in [6.07, 6.45) is 0. The highest BCUT2D eigenvalue weighted by Gasteiger charge is 2.37. The summed E-state index contributed by atoms with van der Waals surface area (Å²) in [5, 5.41) is 0.188. The van der Waals surface area contributed by atoms with Crippen LogP contribution in [0, 0.1) is 0 Å². The Morgan fingerprint density at radius 1 is 1.32 bits per heavy atom. The van der Waals surface area contributed by atoms with Gasteiger partial charge in [0.1, 0.15) is 0 Å². The van der Waals surface area contributed by atoms with Crippen molar-refractivity contribution >= 4 is 40.0 Å². The topological polar surface area (TPSA) is 75.8 Å². The standard InChI is InChI=1S/C13H11N3O2S/c1-2-16-8-6-4-3-5-7(8)9(12(16)18)10-11(17)15-13(14)19-10/h3-6H,2H2,1H3,(H2,14,15,17)/b10-9-. The third kappa shape index (κ3) is 1.67.